The van der Waals surface area contributed by atoms with E-state index in [0.29, 0.717) is 23.0 Å². The lowest BCUT2D eigenvalue weighted by Gasteiger charge is -2.26. The molecule has 0 spiro atoms. The van der Waals surface area contributed by atoms with Crippen LogP contribution >= 0.6 is 11.3 Å². The smallest absolute Gasteiger partial charge is 0.247 e. The van der Waals surface area contributed by atoms with Gasteiger partial charge >= 0.3 is 0 Å². The summed E-state index contributed by atoms with van der Waals surface area (Å²) in [6.07, 6.45) is 3.02. The van der Waals surface area contributed by atoms with Gasteiger partial charge in [-0.15, -0.1) is 11.3 Å². The van der Waals surface area contributed by atoms with Crippen molar-refractivity contribution in [2.75, 3.05) is 61.8 Å². The molecule has 0 bridgehead atoms. The van der Waals surface area contributed by atoms with Crippen LogP contribution in [0.25, 0.3) is 5.70 Å². The highest BCUT2D eigenvalue weighted by molar-refractivity contribution is 7.11. The zero-order chi connectivity index (χ0) is 30.1. The predicted molar refractivity (Wildman–Crippen MR) is 177 cm³/mol. The zero-order valence-corrected chi connectivity index (χ0v) is 25.6. The van der Waals surface area contributed by atoms with Gasteiger partial charge in [-0.05, 0) is 63.2 Å². The number of amides is 1. The molecule has 3 rings (SSSR count). The first-order valence-corrected chi connectivity index (χ1v) is 14.0. The Bertz CT molecular complexity index is 1440. The molecule has 8 nitrogen and oxygen atoms in total. The fourth-order valence-corrected chi connectivity index (χ4v) is 5.01. The van der Waals surface area contributed by atoms with Crippen LogP contribution in [-0.4, -0.2) is 58.0 Å². The number of anilines is 4. The lowest BCUT2D eigenvalue weighted by atomic mass is 10.1. The van der Waals surface area contributed by atoms with Gasteiger partial charge in [-0.25, -0.2) is 4.99 Å². The number of aryl methyl sites for hydroxylation is 1. The standard InChI is InChI=1S/C32H40N6O2S/c1-10-31(39)35-26-20-27(30(40-9)21-29(26)37(8)18-17-36(6)7)34-24(5)33-25-16-19-41-32(25)23(4)38(11-2)28-15-13-12-14-22(28)3/h10-16,19-21H,1-2,4,17-18H2,3,5-9H3,(H,33,34)(H,35,39). The lowest BCUT2D eigenvalue weighted by molar-refractivity contribution is -0.111. The molecule has 0 saturated carbocycles. The number of nitrogens with zero attached hydrogens (tertiary/aromatic N) is 4. The number of benzene rings is 2. The molecule has 41 heavy (non-hydrogen) atoms. The van der Waals surface area contributed by atoms with E-state index < -0.39 is 0 Å². The van der Waals surface area contributed by atoms with Crippen LogP contribution in [-0.2, 0) is 4.79 Å². The summed E-state index contributed by atoms with van der Waals surface area (Å²) in [4.78, 5) is 24.2. The van der Waals surface area contributed by atoms with Crippen molar-refractivity contribution in [3.8, 4) is 5.75 Å². The SMILES string of the molecule is C=CC(=O)Nc1cc(NC(C)=Nc2ccsc2C(=C)N(C=C)c2ccccc2C)c(OC)cc1N(C)CCN(C)C. The maximum absolute atomic E-state index is 12.3. The average Bonchev–Trinajstić information content (AvgIpc) is 3.40. The van der Waals surface area contributed by atoms with Crippen LogP contribution in [0, 0.1) is 6.92 Å². The molecule has 0 atom stereocenters. The molecule has 0 aliphatic rings. The van der Waals surface area contributed by atoms with Crippen LogP contribution < -0.4 is 25.2 Å². The molecule has 0 saturated heterocycles. The second kappa shape index (κ2) is 14.3. The zero-order valence-electron chi connectivity index (χ0n) is 24.8. The molecule has 0 unspecified atom stereocenters. The number of likely N-dealkylation sites (N-methyl/N-ethyl adjacent to an activating group) is 2. The van der Waals surface area contributed by atoms with Crippen LogP contribution in [0.1, 0.15) is 17.4 Å². The minimum Gasteiger partial charge on any atom is -0.494 e. The molecule has 0 fully saturated rings. The molecule has 216 valence electrons. The van der Waals surface area contributed by atoms with Crippen LogP contribution in [0.4, 0.5) is 28.4 Å². The summed E-state index contributed by atoms with van der Waals surface area (Å²) in [6.45, 7) is 17.5. The predicted octanol–water partition coefficient (Wildman–Crippen LogP) is 6.97. The Labute approximate surface area is 248 Å². The highest BCUT2D eigenvalue weighted by atomic mass is 32.1. The van der Waals surface area contributed by atoms with E-state index in [-0.39, 0.29) is 5.91 Å². The Kier molecular flexibility index (Phi) is 10.9. The lowest BCUT2D eigenvalue weighted by Crippen LogP contribution is -2.29. The summed E-state index contributed by atoms with van der Waals surface area (Å²) in [5.41, 5.74) is 5.84. The van der Waals surface area contributed by atoms with Gasteiger partial charge in [-0.3, -0.25) is 4.79 Å². The monoisotopic (exact) mass is 572 g/mol. The van der Waals surface area contributed by atoms with Crippen molar-refractivity contribution in [2.45, 2.75) is 13.8 Å². The van der Waals surface area contributed by atoms with Gasteiger partial charge in [-0.2, -0.15) is 0 Å². The Morgan fingerprint density at radius 3 is 2.41 bits per heavy atom. The third-order valence-corrected chi connectivity index (χ3v) is 7.37. The number of para-hydroxylation sites is 1. The molecular weight excluding hydrogens is 532 g/mol. The van der Waals surface area contributed by atoms with Crippen molar-refractivity contribution in [2.24, 2.45) is 4.99 Å². The van der Waals surface area contributed by atoms with Crippen molar-refractivity contribution < 1.29 is 9.53 Å². The highest BCUT2D eigenvalue weighted by Gasteiger charge is 2.18. The summed E-state index contributed by atoms with van der Waals surface area (Å²) in [5.74, 6) is 0.970. The Hall–Kier alpha value is -4.34. The average molecular weight is 573 g/mol. The Morgan fingerprint density at radius 2 is 1.78 bits per heavy atom. The highest BCUT2D eigenvalue weighted by Crippen LogP contribution is 2.39. The van der Waals surface area contributed by atoms with Gasteiger partial charge in [-0.1, -0.05) is 37.9 Å². The van der Waals surface area contributed by atoms with Crippen molar-refractivity contribution in [1.29, 1.82) is 0 Å². The Balaban J connectivity index is 1.94. The molecule has 1 heterocycles. The number of rotatable bonds is 13. The maximum Gasteiger partial charge on any atom is 0.247 e. The molecule has 3 aromatic rings. The second-order valence-corrected chi connectivity index (χ2v) is 10.6. The molecule has 0 radical (unpaired) electrons. The number of methoxy groups -OCH3 is 1. The molecule has 0 aliphatic carbocycles. The first kappa shape index (κ1) is 31.2. The largest absolute Gasteiger partial charge is 0.494 e. The van der Waals surface area contributed by atoms with Gasteiger partial charge in [0.1, 0.15) is 11.6 Å². The summed E-state index contributed by atoms with van der Waals surface area (Å²) < 4.78 is 5.74. The maximum atomic E-state index is 12.3. The number of carbonyl (C=O) groups excluding carboxylic acids is 1. The van der Waals surface area contributed by atoms with Crippen LogP contribution in [0.5, 0.6) is 5.75 Å². The summed E-state index contributed by atoms with van der Waals surface area (Å²) in [5, 5.41) is 8.28. The van der Waals surface area contributed by atoms with Gasteiger partial charge in [0, 0.05) is 38.1 Å². The number of hydrogen-bond donors (Lipinski definition) is 2. The third kappa shape index (κ3) is 7.87. The summed E-state index contributed by atoms with van der Waals surface area (Å²) in [7, 11) is 7.65. The minimum atomic E-state index is -0.296. The van der Waals surface area contributed by atoms with Crippen LogP contribution in [0.3, 0.4) is 0 Å². The molecule has 1 amide bonds. The summed E-state index contributed by atoms with van der Waals surface area (Å²) >= 11 is 1.57. The molecule has 0 aliphatic heterocycles. The van der Waals surface area contributed by atoms with Crippen LogP contribution in [0.15, 0.2) is 84.8 Å². The summed E-state index contributed by atoms with van der Waals surface area (Å²) in [6, 6.07) is 13.8. The number of carbonyl (C=O) groups is 1. The number of hydrogen-bond acceptors (Lipinski definition) is 7. The van der Waals surface area contributed by atoms with E-state index >= 15 is 0 Å². The van der Waals surface area contributed by atoms with E-state index in [1.165, 1.54) is 6.08 Å². The minimum absolute atomic E-state index is 0.296. The van der Waals surface area contributed by atoms with Crippen molar-refractivity contribution in [3.63, 3.8) is 0 Å². The topological polar surface area (TPSA) is 72.4 Å². The van der Waals surface area contributed by atoms with E-state index in [9.17, 15) is 4.79 Å². The molecule has 2 aromatic carbocycles. The van der Waals surface area contributed by atoms with E-state index in [4.69, 9.17) is 9.73 Å². The van der Waals surface area contributed by atoms with E-state index in [0.717, 1.165) is 46.3 Å². The number of aliphatic imine (C=N–C) groups is 1. The molecular formula is C32H40N6O2S. The molecule has 2 N–H and O–H groups in total. The number of thiophene rings is 1. The van der Waals surface area contributed by atoms with Crippen molar-refractivity contribution >= 4 is 57.2 Å². The van der Waals surface area contributed by atoms with Gasteiger partial charge < -0.3 is 30.1 Å². The number of nitrogens with one attached hydrogen (secondary N) is 2. The fourth-order valence-electron chi connectivity index (χ4n) is 4.21. The Morgan fingerprint density at radius 1 is 1.05 bits per heavy atom. The third-order valence-electron chi connectivity index (χ3n) is 6.41. The molecule has 1 aromatic heterocycles. The molecule has 9 heteroatoms. The first-order valence-electron chi connectivity index (χ1n) is 13.2. The van der Waals surface area contributed by atoms with E-state index in [2.05, 4.69) is 53.2 Å². The van der Waals surface area contributed by atoms with Crippen molar-refractivity contribution in [1.82, 2.24) is 4.90 Å². The normalized spacial score (nSPS) is 11.1. The number of amidine groups is 1. The second-order valence-electron chi connectivity index (χ2n) is 9.73. The van der Waals surface area contributed by atoms with Gasteiger partial charge in [0.15, 0.2) is 0 Å². The van der Waals surface area contributed by atoms with Gasteiger partial charge in [0.25, 0.3) is 0 Å². The quantitative estimate of drug-likeness (QED) is 0.131. The van der Waals surface area contributed by atoms with Crippen LogP contribution in [0.2, 0.25) is 0 Å². The van der Waals surface area contributed by atoms with Gasteiger partial charge in [0.2, 0.25) is 5.91 Å². The fraction of sp³-hybridized carbons (Fsp3) is 0.250. The number of ether oxygens (including phenoxy) is 1. The van der Waals surface area contributed by atoms with E-state index in [1.807, 2.05) is 74.7 Å². The first-order chi connectivity index (χ1) is 19.6. The van der Waals surface area contributed by atoms with Gasteiger partial charge in [0.05, 0.1) is 40.4 Å². The van der Waals surface area contributed by atoms with E-state index in [1.54, 1.807) is 24.6 Å². The van der Waals surface area contributed by atoms with Crippen molar-refractivity contribution in [3.05, 3.63) is 90.3 Å².